The van der Waals surface area contributed by atoms with Crippen molar-refractivity contribution in [1.82, 2.24) is 19.9 Å². The lowest BCUT2D eigenvalue weighted by molar-refractivity contribution is -0.133. The Bertz CT molecular complexity index is 720. The normalized spacial score (nSPS) is 18.8. The Labute approximate surface area is 142 Å². The van der Waals surface area contributed by atoms with Gasteiger partial charge >= 0.3 is 0 Å². The number of aryl methyl sites for hydroxylation is 3. The number of aromatic nitrogens is 2. The number of carbonyl (C=O) groups is 1. The van der Waals surface area contributed by atoms with Gasteiger partial charge in [-0.05, 0) is 44.5 Å². The second-order valence-corrected chi connectivity index (χ2v) is 6.56. The Kier molecular flexibility index (Phi) is 4.66. The molecule has 6 heteroatoms. The van der Waals surface area contributed by atoms with Crippen LogP contribution in [0.15, 0.2) is 22.7 Å². The number of likely N-dealkylation sites (N-methyl/N-ethyl adjacent to an activating group) is 1. The van der Waals surface area contributed by atoms with Crippen molar-refractivity contribution in [3.63, 3.8) is 0 Å². The molecule has 0 bridgehead atoms. The summed E-state index contributed by atoms with van der Waals surface area (Å²) in [7, 11) is 2.03. The molecule has 1 aromatic carbocycles. The van der Waals surface area contributed by atoms with Gasteiger partial charge in [-0.15, -0.1) is 0 Å². The molecule has 1 saturated heterocycles. The average molecular weight is 328 g/mol. The van der Waals surface area contributed by atoms with E-state index in [1.54, 1.807) is 6.92 Å². The first-order chi connectivity index (χ1) is 11.5. The highest BCUT2D eigenvalue weighted by atomic mass is 16.5. The summed E-state index contributed by atoms with van der Waals surface area (Å²) in [6.45, 7) is 8.03. The molecule has 3 rings (SSSR count). The van der Waals surface area contributed by atoms with Crippen LogP contribution in [-0.4, -0.2) is 52.5 Å². The van der Waals surface area contributed by atoms with E-state index in [9.17, 15) is 4.79 Å². The summed E-state index contributed by atoms with van der Waals surface area (Å²) in [4.78, 5) is 21.2. The molecule has 2 heterocycles. The fourth-order valence-corrected chi connectivity index (χ4v) is 3.21. The first-order valence-electron chi connectivity index (χ1n) is 8.29. The van der Waals surface area contributed by atoms with Gasteiger partial charge in [-0.25, -0.2) is 0 Å². The molecule has 0 aliphatic carbocycles. The third-order valence-corrected chi connectivity index (χ3v) is 4.80. The second kappa shape index (κ2) is 6.73. The van der Waals surface area contributed by atoms with Gasteiger partial charge in [0, 0.05) is 19.6 Å². The average Bonchev–Trinajstić information content (AvgIpc) is 2.97. The van der Waals surface area contributed by atoms with Gasteiger partial charge in [0.25, 0.3) is 0 Å². The third kappa shape index (κ3) is 3.33. The summed E-state index contributed by atoms with van der Waals surface area (Å²) in [5, 5.41) is 3.87. The van der Waals surface area contributed by atoms with Crippen molar-refractivity contribution < 1.29 is 9.32 Å². The molecule has 1 amide bonds. The molecule has 0 saturated carbocycles. The van der Waals surface area contributed by atoms with Crippen molar-refractivity contribution in [1.29, 1.82) is 0 Å². The molecule has 1 aliphatic heterocycles. The van der Waals surface area contributed by atoms with Crippen molar-refractivity contribution in [2.24, 2.45) is 0 Å². The predicted octanol–water partition coefficient (Wildman–Crippen LogP) is 2.05. The molecule has 1 aliphatic rings. The largest absolute Gasteiger partial charge is 0.339 e. The zero-order valence-corrected chi connectivity index (χ0v) is 14.7. The highest BCUT2D eigenvalue weighted by Gasteiger charge is 2.32. The van der Waals surface area contributed by atoms with Crippen LogP contribution in [0.25, 0.3) is 0 Å². The predicted molar refractivity (Wildman–Crippen MR) is 90.6 cm³/mol. The van der Waals surface area contributed by atoms with E-state index >= 15 is 0 Å². The molecule has 0 N–H and O–H groups in total. The van der Waals surface area contributed by atoms with Gasteiger partial charge in [-0.1, -0.05) is 23.4 Å². The lowest BCUT2D eigenvalue weighted by Crippen LogP contribution is -2.49. The number of nitrogens with zero attached hydrogens (tertiary/aromatic N) is 4. The van der Waals surface area contributed by atoms with Crippen molar-refractivity contribution >= 4 is 5.91 Å². The van der Waals surface area contributed by atoms with E-state index in [4.69, 9.17) is 4.52 Å². The molecular weight excluding hydrogens is 304 g/mol. The third-order valence-electron chi connectivity index (χ3n) is 4.80. The van der Waals surface area contributed by atoms with Gasteiger partial charge in [0.05, 0.1) is 6.42 Å². The van der Waals surface area contributed by atoms with Gasteiger partial charge in [-0.3, -0.25) is 9.69 Å². The Morgan fingerprint density at radius 2 is 1.96 bits per heavy atom. The lowest BCUT2D eigenvalue weighted by Gasteiger charge is -2.37. The van der Waals surface area contributed by atoms with Gasteiger partial charge in [0.1, 0.15) is 6.04 Å². The molecule has 2 aromatic rings. The van der Waals surface area contributed by atoms with E-state index < -0.39 is 0 Å². The minimum absolute atomic E-state index is 0.0399. The molecule has 0 unspecified atom stereocenters. The van der Waals surface area contributed by atoms with Gasteiger partial charge < -0.3 is 9.42 Å². The monoisotopic (exact) mass is 328 g/mol. The first kappa shape index (κ1) is 16.6. The number of carbonyl (C=O) groups excluding carboxylic acids is 1. The van der Waals surface area contributed by atoms with Crippen LogP contribution in [0.5, 0.6) is 0 Å². The Morgan fingerprint density at radius 1 is 1.25 bits per heavy atom. The van der Waals surface area contributed by atoms with Gasteiger partial charge in [0.2, 0.25) is 11.8 Å². The molecule has 6 nitrogen and oxygen atoms in total. The summed E-state index contributed by atoms with van der Waals surface area (Å²) in [6.07, 6.45) is 0.442. The van der Waals surface area contributed by atoms with Crippen LogP contribution in [0, 0.1) is 20.8 Å². The minimum atomic E-state index is -0.0399. The van der Waals surface area contributed by atoms with Gasteiger partial charge in [0.15, 0.2) is 5.82 Å². The van der Waals surface area contributed by atoms with Crippen LogP contribution in [0.4, 0.5) is 0 Å². The van der Waals surface area contributed by atoms with Crippen molar-refractivity contribution in [2.75, 3.05) is 26.7 Å². The van der Waals surface area contributed by atoms with Crippen LogP contribution < -0.4 is 0 Å². The van der Waals surface area contributed by atoms with E-state index in [-0.39, 0.29) is 11.9 Å². The number of hydrogen-bond donors (Lipinski definition) is 0. The highest BCUT2D eigenvalue weighted by Crippen LogP contribution is 2.24. The van der Waals surface area contributed by atoms with Gasteiger partial charge in [-0.2, -0.15) is 4.98 Å². The van der Waals surface area contributed by atoms with Crippen LogP contribution in [0.1, 0.15) is 34.4 Å². The Morgan fingerprint density at radius 3 is 2.58 bits per heavy atom. The summed E-state index contributed by atoms with van der Waals surface area (Å²) in [5.74, 6) is 1.36. The number of amides is 1. The van der Waals surface area contributed by atoms with E-state index in [2.05, 4.69) is 41.0 Å². The van der Waals surface area contributed by atoms with Crippen LogP contribution in [0.3, 0.4) is 0 Å². The Hall–Kier alpha value is -2.21. The zero-order valence-electron chi connectivity index (χ0n) is 14.7. The maximum atomic E-state index is 12.8. The van der Waals surface area contributed by atoms with Crippen molar-refractivity contribution in [3.05, 3.63) is 46.6 Å². The quantitative estimate of drug-likeness (QED) is 0.863. The summed E-state index contributed by atoms with van der Waals surface area (Å²) < 4.78 is 5.32. The SMILES string of the molecule is Cc1noc([C@H]2CN(C(=O)Cc3c(C)cccc3C)CCN2C)n1. The molecule has 1 aromatic heterocycles. The standard InChI is InChI=1S/C18H24N4O2/c1-12-6-5-7-13(2)15(12)10-17(23)22-9-8-21(4)16(11-22)18-19-14(3)20-24-18/h5-7,16H,8-11H2,1-4H3/t16-/m1/s1. The lowest BCUT2D eigenvalue weighted by atomic mass is 9.99. The van der Waals surface area contributed by atoms with Crippen LogP contribution in [-0.2, 0) is 11.2 Å². The minimum Gasteiger partial charge on any atom is -0.339 e. The highest BCUT2D eigenvalue weighted by molar-refractivity contribution is 5.79. The fraction of sp³-hybridized carbons (Fsp3) is 0.500. The number of hydrogen-bond acceptors (Lipinski definition) is 5. The van der Waals surface area contributed by atoms with Crippen LogP contribution >= 0.6 is 0 Å². The molecule has 0 radical (unpaired) electrons. The summed E-state index contributed by atoms with van der Waals surface area (Å²) in [5.41, 5.74) is 3.47. The first-order valence-corrected chi connectivity index (χ1v) is 8.29. The Balaban J connectivity index is 1.73. The van der Waals surface area contributed by atoms with Crippen molar-refractivity contribution in [2.45, 2.75) is 33.2 Å². The maximum Gasteiger partial charge on any atom is 0.245 e. The number of piperazine rings is 1. The molecule has 128 valence electrons. The summed E-state index contributed by atoms with van der Waals surface area (Å²) >= 11 is 0. The molecular formula is C18H24N4O2. The fourth-order valence-electron chi connectivity index (χ4n) is 3.21. The zero-order chi connectivity index (χ0) is 17.3. The van der Waals surface area contributed by atoms with E-state index in [0.29, 0.717) is 24.7 Å². The molecule has 1 atom stereocenters. The molecule has 24 heavy (non-hydrogen) atoms. The molecule has 1 fully saturated rings. The van der Waals surface area contributed by atoms with Crippen molar-refractivity contribution in [3.8, 4) is 0 Å². The summed E-state index contributed by atoms with van der Waals surface area (Å²) in [6, 6.07) is 6.11. The number of rotatable bonds is 3. The van der Waals surface area contributed by atoms with E-state index in [1.807, 2.05) is 18.0 Å². The number of benzene rings is 1. The smallest absolute Gasteiger partial charge is 0.245 e. The maximum absolute atomic E-state index is 12.8. The van der Waals surface area contributed by atoms with E-state index in [1.165, 1.54) is 11.1 Å². The topological polar surface area (TPSA) is 62.5 Å². The van der Waals surface area contributed by atoms with Crippen LogP contribution in [0.2, 0.25) is 0 Å². The second-order valence-electron chi connectivity index (χ2n) is 6.56. The van der Waals surface area contributed by atoms with E-state index in [0.717, 1.165) is 18.7 Å². The molecule has 0 spiro atoms.